The number of thiophene rings is 1. The van der Waals surface area contributed by atoms with Gasteiger partial charge in [-0.2, -0.15) is 0 Å². The summed E-state index contributed by atoms with van der Waals surface area (Å²) in [7, 11) is 0. The van der Waals surface area contributed by atoms with Crippen LogP contribution in [0.25, 0.3) is 10.1 Å². The van der Waals surface area contributed by atoms with Crippen molar-refractivity contribution in [1.82, 2.24) is 14.8 Å². The summed E-state index contributed by atoms with van der Waals surface area (Å²) in [6, 6.07) is 20.8. The maximum Gasteiger partial charge on any atom is 0.247 e. The number of carbonyl (C=O) groups is 1. The largest absolute Gasteiger partial charge is 0.438 e. The smallest absolute Gasteiger partial charge is 0.247 e. The van der Waals surface area contributed by atoms with E-state index in [-0.39, 0.29) is 5.91 Å². The molecule has 4 heterocycles. The number of benzene rings is 2. The second-order valence-electron chi connectivity index (χ2n) is 10.8. The Morgan fingerprint density at radius 2 is 1.81 bits per heavy atom. The van der Waals surface area contributed by atoms with E-state index in [2.05, 4.69) is 74.2 Å². The number of amides is 1. The van der Waals surface area contributed by atoms with Gasteiger partial charge in [0.25, 0.3) is 0 Å². The highest BCUT2D eigenvalue weighted by Gasteiger charge is 2.27. The van der Waals surface area contributed by atoms with E-state index in [0.29, 0.717) is 17.3 Å². The molecule has 6 rings (SSSR count). The molecule has 2 N–H and O–H groups in total. The summed E-state index contributed by atoms with van der Waals surface area (Å²) in [6.07, 6.45) is 5.47. The Labute approximate surface area is 251 Å². The minimum Gasteiger partial charge on any atom is -0.438 e. The molecule has 218 valence electrons. The van der Waals surface area contributed by atoms with Crippen molar-refractivity contribution in [2.45, 2.75) is 25.8 Å². The van der Waals surface area contributed by atoms with Gasteiger partial charge in [0.2, 0.25) is 11.8 Å². The molecule has 9 heteroatoms. The molecule has 2 fully saturated rings. The van der Waals surface area contributed by atoms with E-state index in [1.165, 1.54) is 57.3 Å². The number of ether oxygens (including phenoxy) is 1. The Hall–Kier alpha value is -3.92. The van der Waals surface area contributed by atoms with Gasteiger partial charge in [0.05, 0.1) is 10.4 Å². The van der Waals surface area contributed by atoms with Crippen molar-refractivity contribution in [2.24, 2.45) is 0 Å². The fourth-order valence-electron chi connectivity index (χ4n) is 5.86. The Morgan fingerprint density at radius 1 is 1.02 bits per heavy atom. The lowest BCUT2D eigenvalue weighted by atomic mass is 10.0. The number of nitrogens with one attached hydrogen (secondary N) is 2. The van der Waals surface area contributed by atoms with Crippen molar-refractivity contribution < 1.29 is 9.53 Å². The monoisotopic (exact) mass is 582 g/mol. The first-order valence-corrected chi connectivity index (χ1v) is 15.6. The number of fused-ring (bicyclic) bond motifs is 1. The summed E-state index contributed by atoms with van der Waals surface area (Å²) in [5, 5.41) is 8.27. The van der Waals surface area contributed by atoms with Crippen molar-refractivity contribution in [3.8, 4) is 11.6 Å². The fourth-order valence-corrected chi connectivity index (χ4v) is 6.82. The SMILES string of the molecule is C=CC(=O)Nc1cccc(Oc2nccc3sc(Nc4ccc(N5CCC(N6CCN(CC)CC6)CC5)cc4)cc23)c1. The molecule has 2 aliphatic rings. The lowest BCUT2D eigenvalue weighted by Crippen LogP contribution is -2.53. The quantitative estimate of drug-likeness (QED) is 0.217. The molecule has 8 nitrogen and oxygen atoms in total. The third kappa shape index (κ3) is 6.59. The summed E-state index contributed by atoms with van der Waals surface area (Å²) >= 11 is 1.66. The number of piperazine rings is 1. The van der Waals surface area contributed by atoms with Gasteiger partial charge >= 0.3 is 0 Å². The van der Waals surface area contributed by atoms with E-state index in [1.807, 2.05) is 18.2 Å². The number of anilines is 4. The van der Waals surface area contributed by atoms with Gasteiger partial charge in [-0.3, -0.25) is 9.69 Å². The Balaban J connectivity index is 1.07. The molecular weight excluding hydrogens is 544 g/mol. The number of rotatable bonds is 9. The van der Waals surface area contributed by atoms with E-state index < -0.39 is 0 Å². The van der Waals surface area contributed by atoms with E-state index in [1.54, 1.807) is 29.7 Å². The molecule has 1 amide bonds. The summed E-state index contributed by atoms with van der Waals surface area (Å²) in [5.41, 5.74) is 2.98. The normalized spacial score (nSPS) is 16.8. The highest BCUT2D eigenvalue weighted by molar-refractivity contribution is 7.22. The molecule has 0 saturated carbocycles. The van der Waals surface area contributed by atoms with Crippen molar-refractivity contribution in [3.63, 3.8) is 0 Å². The summed E-state index contributed by atoms with van der Waals surface area (Å²) in [4.78, 5) is 23.9. The molecule has 0 atom stereocenters. The predicted molar refractivity (Wildman–Crippen MR) is 174 cm³/mol. The zero-order chi connectivity index (χ0) is 28.9. The van der Waals surface area contributed by atoms with Crippen LogP contribution in [0.3, 0.4) is 0 Å². The van der Waals surface area contributed by atoms with Gasteiger partial charge in [-0.15, -0.1) is 11.3 Å². The molecule has 0 aliphatic carbocycles. The van der Waals surface area contributed by atoms with Gasteiger partial charge in [0, 0.05) is 79.3 Å². The third-order valence-corrected chi connectivity index (χ3v) is 9.26. The van der Waals surface area contributed by atoms with E-state index in [9.17, 15) is 4.79 Å². The molecule has 0 bridgehead atoms. The topological polar surface area (TPSA) is 73.0 Å². The number of likely N-dealkylation sites (N-methyl/N-ethyl adjacent to an activating group) is 1. The number of nitrogens with zero attached hydrogens (tertiary/aromatic N) is 4. The van der Waals surface area contributed by atoms with Gasteiger partial charge in [0.1, 0.15) is 5.75 Å². The van der Waals surface area contributed by atoms with Gasteiger partial charge < -0.3 is 25.2 Å². The number of aromatic nitrogens is 1. The summed E-state index contributed by atoms with van der Waals surface area (Å²) in [5.74, 6) is 0.848. The van der Waals surface area contributed by atoms with Crippen LogP contribution in [0, 0.1) is 0 Å². The number of carbonyl (C=O) groups excluding carboxylic acids is 1. The summed E-state index contributed by atoms with van der Waals surface area (Å²) in [6.45, 7) is 14.0. The van der Waals surface area contributed by atoms with Gasteiger partial charge in [-0.1, -0.05) is 19.6 Å². The standard InChI is InChI=1S/C33H38N6O2S/c1-3-31(40)35-25-6-5-7-28(22-25)41-33-29-23-32(42-30(29)12-15-34-33)36-24-8-10-26(11-9-24)38-16-13-27(14-17-38)39-20-18-37(4-2)19-21-39/h3,5-12,15,22-23,27,36H,1,4,13-14,16-21H2,2H3,(H,35,40). The molecule has 2 saturated heterocycles. The van der Waals surface area contributed by atoms with Crippen LogP contribution in [0.2, 0.25) is 0 Å². The van der Waals surface area contributed by atoms with Crippen LogP contribution in [0.1, 0.15) is 19.8 Å². The first-order valence-electron chi connectivity index (χ1n) is 14.8. The maximum absolute atomic E-state index is 11.7. The van der Waals surface area contributed by atoms with Gasteiger partial charge in [-0.05, 0) is 74.0 Å². The van der Waals surface area contributed by atoms with Crippen LogP contribution < -0.4 is 20.3 Å². The maximum atomic E-state index is 11.7. The Morgan fingerprint density at radius 3 is 2.55 bits per heavy atom. The van der Waals surface area contributed by atoms with Crippen LogP contribution in [0.4, 0.5) is 22.1 Å². The second-order valence-corrected chi connectivity index (χ2v) is 11.9. The third-order valence-electron chi connectivity index (χ3n) is 8.25. The number of hydrogen-bond acceptors (Lipinski definition) is 8. The highest BCUT2D eigenvalue weighted by atomic mass is 32.1. The zero-order valence-corrected chi connectivity index (χ0v) is 24.9. The average molecular weight is 583 g/mol. The average Bonchev–Trinajstić information content (AvgIpc) is 3.45. The van der Waals surface area contributed by atoms with Crippen LogP contribution in [-0.4, -0.2) is 72.5 Å². The minimum absolute atomic E-state index is 0.268. The van der Waals surface area contributed by atoms with Gasteiger partial charge in [-0.25, -0.2) is 4.98 Å². The van der Waals surface area contributed by atoms with Crippen LogP contribution >= 0.6 is 11.3 Å². The van der Waals surface area contributed by atoms with E-state index in [0.717, 1.165) is 39.9 Å². The second kappa shape index (κ2) is 12.9. The van der Waals surface area contributed by atoms with E-state index in [4.69, 9.17) is 4.74 Å². The van der Waals surface area contributed by atoms with Crippen LogP contribution in [0.15, 0.2) is 79.5 Å². The first kappa shape index (κ1) is 28.2. The number of hydrogen-bond donors (Lipinski definition) is 2. The molecule has 0 spiro atoms. The number of pyridine rings is 1. The predicted octanol–water partition coefficient (Wildman–Crippen LogP) is 6.56. The van der Waals surface area contributed by atoms with Crippen LogP contribution in [0.5, 0.6) is 11.6 Å². The molecule has 42 heavy (non-hydrogen) atoms. The van der Waals surface area contributed by atoms with Crippen molar-refractivity contribution in [3.05, 3.63) is 79.5 Å². The number of piperidine rings is 1. The van der Waals surface area contributed by atoms with Crippen molar-refractivity contribution in [1.29, 1.82) is 0 Å². The summed E-state index contributed by atoms with van der Waals surface area (Å²) < 4.78 is 7.21. The molecule has 2 aromatic carbocycles. The van der Waals surface area contributed by atoms with Gasteiger partial charge in [0.15, 0.2) is 0 Å². The minimum atomic E-state index is -0.268. The first-order chi connectivity index (χ1) is 20.6. The fraction of sp³-hybridized carbons (Fsp3) is 0.333. The van der Waals surface area contributed by atoms with E-state index >= 15 is 0 Å². The Kier molecular flexibility index (Phi) is 8.69. The Bertz CT molecular complexity index is 1520. The zero-order valence-electron chi connectivity index (χ0n) is 24.1. The van der Waals surface area contributed by atoms with Crippen molar-refractivity contribution >= 4 is 49.4 Å². The molecule has 0 unspecified atom stereocenters. The van der Waals surface area contributed by atoms with Crippen molar-refractivity contribution in [2.75, 3.05) is 61.3 Å². The molecule has 2 aromatic heterocycles. The lowest BCUT2D eigenvalue weighted by molar-refractivity contribution is -0.111. The molecule has 4 aromatic rings. The highest BCUT2D eigenvalue weighted by Crippen LogP contribution is 2.38. The lowest BCUT2D eigenvalue weighted by Gasteiger charge is -2.43. The molecule has 0 radical (unpaired) electrons. The molecule has 2 aliphatic heterocycles. The van der Waals surface area contributed by atoms with Crippen LogP contribution in [-0.2, 0) is 4.79 Å². The molecular formula is C33H38N6O2S.